The lowest BCUT2D eigenvalue weighted by Gasteiger charge is -2.08. The Kier molecular flexibility index (Phi) is 5.15. The van der Waals surface area contributed by atoms with E-state index >= 15 is 0 Å². The molecule has 5 heteroatoms. The number of aliphatic carboxylic acids is 1. The molecule has 1 N–H and O–H groups in total. The third kappa shape index (κ3) is 3.85. The molecule has 0 spiro atoms. The van der Waals surface area contributed by atoms with Crippen LogP contribution in [-0.2, 0) is 21.3 Å². The van der Waals surface area contributed by atoms with Gasteiger partial charge in [0.1, 0.15) is 0 Å². The lowest BCUT2D eigenvalue weighted by atomic mass is 10.0. The zero-order chi connectivity index (χ0) is 12.8. The predicted octanol–water partition coefficient (Wildman–Crippen LogP) is 2.39. The van der Waals surface area contributed by atoms with E-state index in [0.717, 1.165) is 11.1 Å². The molecular weight excluding hydrogens is 288 g/mol. The summed E-state index contributed by atoms with van der Waals surface area (Å²) in [6.07, 6.45) is 0.450. The van der Waals surface area contributed by atoms with Gasteiger partial charge in [-0.3, -0.25) is 4.79 Å². The molecule has 0 aliphatic rings. The summed E-state index contributed by atoms with van der Waals surface area (Å²) >= 11 is 3.33. The number of benzene rings is 1. The van der Waals surface area contributed by atoms with Crippen LogP contribution in [0.25, 0.3) is 0 Å². The SMILES string of the molecule is COC(=O)c1ccc(CBr)c(CCC(=O)O)c1. The molecule has 0 aliphatic heterocycles. The highest BCUT2D eigenvalue weighted by Crippen LogP contribution is 2.17. The van der Waals surface area contributed by atoms with E-state index in [1.54, 1.807) is 18.2 Å². The highest BCUT2D eigenvalue weighted by Gasteiger charge is 2.10. The average molecular weight is 301 g/mol. The van der Waals surface area contributed by atoms with Crippen molar-refractivity contribution in [2.75, 3.05) is 7.11 Å². The zero-order valence-corrected chi connectivity index (χ0v) is 11.0. The number of esters is 1. The van der Waals surface area contributed by atoms with Gasteiger partial charge in [0.15, 0.2) is 0 Å². The molecule has 1 aromatic rings. The van der Waals surface area contributed by atoms with E-state index in [4.69, 9.17) is 5.11 Å². The molecule has 0 unspecified atom stereocenters. The molecule has 0 aromatic heterocycles. The number of carbonyl (C=O) groups excluding carboxylic acids is 1. The Morgan fingerprint density at radius 2 is 2.06 bits per heavy atom. The Labute approximate surface area is 108 Å². The minimum absolute atomic E-state index is 0.0463. The predicted molar refractivity (Wildman–Crippen MR) is 66.4 cm³/mol. The van der Waals surface area contributed by atoms with Crippen LogP contribution in [0.1, 0.15) is 27.9 Å². The number of alkyl halides is 1. The Bertz CT molecular complexity index is 429. The van der Waals surface area contributed by atoms with Gasteiger partial charge < -0.3 is 9.84 Å². The Morgan fingerprint density at radius 1 is 1.35 bits per heavy atom. The van der Waals surface area contributed by atoms with Gasteiger partial charge in [-0.25, -0.2) is 4.79 Å². The van der Waals surface area contributed by atoms with Crippen molar-refractivity contribution in [3.63, 3.8) is 0 Å². The van der Waals surface area contributed by atoms with E-state index in [1.165, 1.54) is 7.11 Å². The summed E-state index contributed by atoms with van der Waals surface area (Å²) in [5.41, 5.74) is 2.28. The summed E-state index contributed by atoms with van der Waals surface area (Å²) in [5, 5.41) is 9.29. The minimum atomic E-state index is -0.853. The number of methoxy groups -OCH3 is 1. The van der Waals surface area contributed by atoms with Crippen LogP contribution in [0.5, 0.6) is 0 Å². The summed E-state index contributed by atoms with van der Waals surface area (Å²) in [5.74, 6) is -1.27. The van der Waals surface area contributed by atoms with Crippen molar-refractivity contribution in [3.05, 3.63) is 34.9 Å². The average Bonchev–Trinajstić information content (AvgIpc) is 2.34. The molecule has 0 heterocycles. The normalized spacial score (nSPS) is 10.0. The molecule has 0 amide bonds. The number of hydrogen-bond acceptors (Lipinski definition) is 3. The second kappa shape index (κ2) is 6.39. The van der Waals surface area contributed by atoms with Crippen LogP contribution < -0.4 is 0 Å². The summed E-state index contributed by atoms with van der Waals surface area (Å²) < 4.78 is 4.62. The van der Waals surface area contributed by atoms with Crippen LogP contribution in [0.2, 0.25) is 0 Å². The number of halogens is 1. The topological polar surface area (TPSA) is 63.6 Å². The number of aryl methyl sites for hydroxylation is 1. The molecule has 1 aromatic carbocycles. The van der Waals surface area contributed by atoms with Crippen LogP contribution in [0.15, 0.2) is 18.2 Å². The standard InChI is InChI=1S/C12H13BrO4/c1-17-12(16)9-2-3-10(7-13)8(6-9)4-5-11(14)15/h2-3,6H,4-5,7H2,1H3,(H,14,15). The van der Waals surface area contributed by atoms with E-state index in [-0.39, 0.29) is 6.42 Å². The summed E-state index contributed by atoms with van der Waals surface area (Å²) in [4.78, 5) is 21.9. The molecule has 0 bridgehead atoms. The van der Waals surface area contributed by atoms with Crippen LogP contribution >= 0.6 is 15.9 Å². The maximum atomic E-state index is 11.4. The molecule has 0 saturated carbocycles. The molecule has 0 aliphatic carbocycles. The third-order valence-corrected chi connectivity index (χ3v) is 2.98. The van der Waals surface area contributed by atoms with Crippen molar-refractivity contribution in [1.82, 2.24) is 0 Å². The van der Waals surface area contributed by atoms with Crippen LogP contribution in [0, 0.1) is 0 Å². The van der Waals surface area contributed by atoms with Crippen molar-refractivity contribution in [2.45, 2.75) is 18.2 Å². The van der Waals surface area contributed by atoms with Gasteiger partial charge in [-0.15, -0.1) is 0 Å². The number of carboxylic acids is 1. The van der Waals surface area contributed by atoms with Crippen LogP contribution in [-0.4, -0.2) is 24.2 Å². The summed E-state index contributed by atoms with van der Waals surface area (Å²) in [6.45, 7) is 0. The Balaban J connectivity index is 2.97. The molecule has 0 atom stereocenters. The molecule has 0 fully saturated rings. The van der Waals surface area contributed by atoms with Crippen molar-refractivity contribution in [1.29, 1.82) is 0 Å². The first kappa shape index (κ1) is 13.7. The van der Waals surface area contributed by atoms with Gasteiger partial charge in [0, 0.05) is 11.8 Å². The van der Waals surface area contributed by atoms with Gasteiger partial charge in [-0.2, -0.15) is 0 Å². The Hall–Kier alpha value is -1.36. The van der Waals surface area contributed by atoms with Gasteiger partial charge in [0.25, 0.3) is 0 Å². The molecule has 0 radical (unpaired) electrons. The monoisotopic (exact) mass is 300 g/mol. The number of ether oxygens (including phenoxy) is 1. The third-order valence-electron chi connectivity index (χ3n) is 2.38. The smallest absolute Gasteiger partial charge is 0.337 e. The fraction of sp³-hybridized carbons (Fsp3) is 0.333. The molecule has 92 valence electrons. The molecule has 1 rings (SSSR count). The van der Waals surface area contributed by atoms with Crippen molar-refractivity contribution in [3.8, 4) is 0 Å². The van der Waals surface area contributed by atoms with Crippen LogP contribution in [0.3, 0.4) is 0 Å². The maximum absolute atomic E-state index is 11.4. The second-order valence-corrected chi connectivity index (χ2v) is 4.06. The van der Waals surface area contributed by atoms with E-state index < -0.39 is 11.9 Å². The largest absolute Gasteiger partial charge is 0.481 e. The number of carboxylic acid groups (broad SMARTS) is 1. The summed E-state index contributed by atoms with van der Waals surface area (Å²) in [7, 11) is 1.32. The van der Waals surface area contributed by atoms with E-state index in [1.807, 2.05) is 0 Å². The Morgan fingerprint density at radius 3 is 2.59 bits per heavy atom. The van der Waals surface area contributed by atoms with E-state index in [2.05, 4.69) is 20.7 Å². The number of hydrogen-bond donors (Lipinski definition) is 1. The minimum Gasteiger partial charge on any atom is -0.481 e. The zero-order valence-electron chi connectivity index (χ0n) is 9.40. The molecule has 4 nitrogen and oxygen atoms in total. The second-order valence-electron chi connectivity index (χ2n) is 3.50. The number of rotatable bonds is 5. The van der Waals surface area contributed by atoms with E-state index in [0.29, 0.717) is 17.3 Å². The van der Waals surface area contributed by atoms with Gasteiger partial charge in [-0.05, 0) is 29.7 Å². The highest BCUT2D eigenvalue weighted by molar-refractivity contribution is 9.08. The van der Waals surface area contributed by atoms with Crippen molar-refractivity contribution in [2.24, 2.45) is 0 Å². The number of carbonyl (C=O) groups is 2. The fourth-order valence-electron chi connectivity index (χ4n) is 1.48. The lowest BCUT2D eigenvalue weighted by molar-refractivity contribution is -0.136. The highest BCUT2D eigenvalue weighted by atomic mass is 79.9. The maximum Gasteiger partial charge on any atom is 0.337 e. The first-order valence-electron chi connectivity index (χ1n) is 5.06. The van der Waals surface area contributed by atoms with Crippen molar-refractivity contribution < 1.29 is 19.4 Å². The first-order chi connectivity index (χ1) is 8.08. The quantitative estimate of drug-likeness (QED) is 0.670. The van der Waals surface area contributed by atoms with Gasteiger partial charge in [0.2, 0.25) is 0 Å². The van der Waals surface area contributed by atoms with Gasteiger partial charge >= 0.3 is 11.9 Å². The fourth-order valence-corrected chi connectivity index (χ4v) is 2.02. The molecule has 0 saturated heterocycles. The molecular formula is C12H13BrO4. The van der Waals surface area contributed by atoms with Gasteiger partial charge in [0.05, 0.1) is 12.7 Å². The molecule has 17 heavy (non-hydrogen) atoms. The first-order valence-corrected chi connectivity index (χ1v) is 6.18. The lowest BCUT2D eigenvalue weighted by Crippen LogP contribution is -2.05. The van der Waals surface area contributed by atoms with E-state index in [9.17, 15) is 9.59 Å². The summed E-state index contributed by atoms with van der Waals surface area (Å²) in [6, 6.07) is 5.16. The van der Waals surface area contributed by atoms with Crippen molar-refractivity contribution >= 4 is 27.9 Å². The van der Waals surface area contributed by atoms with Crippen LogP contribution in [0.4, 0.5) is 0 Å². The van der Waals surface area contributed by atoms with Gasteiger partial charge in [-0.1, -0.05) is 22.0 Å².